The van der Waals surface area contributed by atoms with Crippen molar-refractivity contribution in [2.24, 2.45) is 14.1 Å². The van der Waals surface area contributed by atoms with E-state index in [2.05, 4.69) is 58.4 Å². The van der Waals surface area contributed by atoms with Crippen LogP contribution in [0.25, 0.3) is 66.1 Å². The molecule has 0 amide bonds. The van der Waals surface area contributed by atoms with Gasteiger partial charge in [-0.15, -0.1) is 0 Å². The van der Waals surface area contributed by atoms with Crippen LogP contribution < -0.4 is 15.2 Å². The number of rotatable bonds is 6. The second-order valence-electron chi connectivity index (χ2n) is 16.2. The van der Waals surface area contributed by atoms with Crippen molar-refractivity contribution in [3.8, 4) is 33.8 Å². The first-order valence-electron chi connectivity index (χ1n) is 22.1. The molecule has 0 radical (unpaired) electrons. The summed E-state index contributed by atoms with van der Waals surface area (Å²) in [4.78, 5) is 24.9. The van der Waals surface area contributed by atoms with Crippen LogP contribution in [0, 0.1) is 55.4 Å². The molecule has 0 atom stereocenters. The van der Waals surface area contributed by atoms with Crippen molar-refractivity contribution in [2.75, 3.05) is 20.0 Å². The van der Waals surface area contributed by atoms with Crippen molar-refractivity contribution in [1.82, 2.24) is 59.8 Å². The van der Waals surface area contributed by atoms with Crippen molar-refractivity contribution in [2.45, 2.75) is 69.2 Å². The number of H-pyrrole nitrogens is 2. The molecule has 4 N–H and O–H groups in total. The summed E-state index contributed by atoms with van der Waals surface area (Å²) in [6.07, 6.45) is 4.30. The van der Waals surface area contributed by atoms with E-state index >= 15 is 0 Å². The van der Waals surface area contributed by atoms with E-state index in [1.807, 2.05) is 91.6 Å². The van der Waals surface area contributed by atoms with E-state index in [-0.39, 0.29) is 7.43 Å². The quantitative estimate of drug-likeness (QED) is 0.132. The number of nitrogens with two attached hydrogens (primary N) is 1. The molecule has 2 aromatic carbocycles. The summed E-state index contributed by atoms with van der Waals surface area (Å²) in [5, 5.41) is 20.6. The summed E-state index contributed by atoms with van der Waals surface area (Å²) < 4.78 is 25.6. The van der Waals surface area contributed by atoms with Crippen LogP contribution >= 0.6 is 11.6 Å². The van der Waals surface area contributed by atoms with Gasteiger partial charge in [0.05, 0.1) is 60.2 Å². The standard InChI is InChI=1S/C23H24N6O2.C17H15ClN4O2.C5H9N3.CH4.S13/c1-11-10-24-29(5)19(11)9-18-22-15-8-20(30-6)16(21-12(2)28-31-13(21)3)7-17(15)27-23(22)26-14(4)25-18;1-7-14(8(2)24-22-7)11-5-12-10(6-13(11)23-4)15-16(18)19-9(3)20-17(15)21-12;1-4-3-7-8(2)5(4)6;;1-3-5-7-9-11-13-12-10-8-6-4-2/h7-8,10H,9H2,1-6H3,(H,25,26,27);5-6H,1-4H3,(H,19,20,21);3H,6H2,1-2H3;1H4;. The molecule has 31 heteroatoms. The summed E-state index contributed by atoms with van der Waals surface area (Å²) in [6, 6.07) is 8.08. The molecule has 0 saturated carbocycles. The number of nitrogens with one attached hydrogen (secondary N) is 2. The van der Waals surface area contributed by atoms with Gasteiger partial charge in [-0.05, 0) is 85.2 Å². The third-order valence-electron chi connectivity index (χ3n) is 11.5. The highest BCUT2D eigenvalue weighted by atomic mass is 35.5. The van der Waals surface area contributed by atoms with Crippen molar-refractivity contribution < 1.29 is 18.5 Å². The van der Waals surface area contributed by atoms with Crippen LogP contribution in [0.2, 0.25) is 5.15 Å². The number of nitrogens with zero attached hydrogens (tertiary/aromatic N) is 10. The van der Waals surface area contributed by atoms with Crippen LogP contribution in [-0.2, 0) is 141 Å². The average Bonchev–Trinajstić information content (AvgIpc) is 4.29. The van der Waals surface area contributed by atoms with Gasteiger partial charge in [-0.1, -0.05) is 29.3 Å². The molecule has 410 valence electrons. The van der Waals surface area contributed by atoms with E-state index < -0.39 is 0 Å². The number of hydrogen-bond donors (Lipinski definition) is 3. The number of anilines is 1. The van der Waals surface area contributed by atoms with Crippen LogP contribution in [0.15, 0.2) is 45.7 Å². The maximum absolute atomic E-state index is 6.33. The molecule has 8 heterocycles. The molecule has 10 rings (SSSR count). The molecule has 8 aromatic heterocycles. The van der Waals surface area contributed by atoms with E-state index in [0.29, 0.717) is 23.0 Å². The Morgan fingerprint density at radius 2 is 1.05 bits per heavy atom. The summed E-state index contributed by atoms with van der Waals surface area (Å²) >= 11 is 15.7. The SMILES string of the molecule is C.COc1cc2c(cc1-c1c(C)noc1C)[nH]c1nc(C)nc(Cc3c(C)cnn3C)c12.COc1cc2c(cc1-c1c(C)noc1C)[nH]c1nc(C)nc(Cl)c12.Cc1cnn(C)c1N.S=S=S=S=S=S=S=S=S=S=S=S=S. The number of benzene rings is 2. The summed E-state index contributed by atoms with van der Waals surface area (Å²) in [6.45, 7) is 15.4. The minimum atomic E-state index is 0. The summed E-state index contributed by atoms with van der Waals surface area (Å²) in [5.41, 5.74) is 18.5. The van der Waals surface area contributed by atoms with Gasteiger partial charge >= 0.3 is 0 Å². The second kappa shape index (κ2) is 28.6. The largest absolute Gasteiger partial charge is 0.496 e. The fourth-order valence-electron chi connectivity index (χ4n) is 8.14. The Kier molecular flexibility index (Phi) is 23.0. The highest BCUT2D eigenvalue weighted by Crippen LogP contribution is 2.42. The number of halogens is 1. The van der Waals surface area contributed by atoms with E-state index in [1.54, 1.807) is 105 Å². The molecular formula is C46H52ClN13O4S13. The number of fused-ring (bicyclic) bond motifs is 6. The summed E-state index contributed by atoms with van der Waals surface area (Å²) in [7, 11) is 25.2. The van der Waals surface area contributed by atoms with Crippen molar-refractivity contribution in [3.05, 3.63) is 98.9 Å². The molecule has 0 saturated heterocycles. The molecule has 0 spiro atoms. The number of aryl methyl sites for hydroxylation is 10. The topological polar surface area (TPSA) is 215 Å². The van der Waals surface area contributed by atoms with Gasteiger partial charge in [0.2, 0.25) is 0 Å². The highest BCUT2D eigenvalue weighted by molar-refractivity contribution is 8.75. The average molecular weight is 1300 g/mol. The highest BCUT2D eigenvalue weighted by Gasteiger charge is 2.23. The number of hydrogen-bond acceptors (Lipinski definition) is 15. The van der Waals surface area contributed by atoms with Crippen molar-refractivity contribution >= 4 is 181 Å². The second-order valence-corrected chi connectivity index (χ2v) is 36.0. The molecule has 0 bridgehead atoms. The Bertz CT molecular complexity index is 4230. The Labute approximate surface area is 490 Å². The first kappa shape index (κ1) is 61.8. The van der Waals surface area contributed by atoms with Crippen LogP contribution in [0.4, 0.5) is 5.82 Å². The minimum Gasteiger partial charge on any atom is -0.496 e. The number of ether oxygens (including phenoxy) is 2. The van der Waals surface area contributed by atoms with E-state index in [1.165, 1.54) is 17.8 Å². The molecular weight excluding hydrogens is 1250 g/mol. The fraction of sp³-hybridized carbons (Fsp3) is 0.304. The number of aromatic nitrogens is 12. The third kappa shape index (κ3) is 14.7. The van der Waals surface area contributed by atoms with Gasteiger partial charge < -0.3 is 34.2 Å². The zero-order chi connectivity index (χ0) is 54.8. The fourth-order valence-corrected chi connectivity index (χ4v) is 33.2. The van der Waals surface area contributed by atoms with Gasteiger partial charge in [-0.25, -0.2) is 19.9 Å². The molecule has 0 unspecified atom stereocenters. The smallest absolute Gasteiger partial charge is 0.143 e. The van der Waals surface area contributed by atoms with Gasteiger partial charge in [-0.2, -0.15) is 10.2 Å². The normalized spacial score (nSPS) is 10.5. The lowest BCUT2D eigenvalue weighted by Crippen LogP contribution is -2.04. The molecule has 10 aromatic rings. The molecule has 17 nitrogen and oxygen atoms in total. The zero-order valence-corrected chi connectivity index (χ0v) is 53.9. The predicted molar refractivity (Wildman–Crippen MR) is 346 cm³/mol. The number of methoxy groups -OCH3 is 2. The Balaban J connectivity index is 0.000000184. The number of aromatic amines is 2. The molecule has 77 heavy (non-hydrogen) atoms. The van der Waals surface area contributed by atoms with E-state index in [9.17, 15) is 0 Å². The molecule has 0 fully saturated rings. The predicted octanol–water partition coefficient (Wildman–Crippen LogP) is 9.60. The van der Waals surface area contributed by atoms with Crippen LogP contribution in [-0.4, -0.2) is 74.0 Å². The lowest BCUT2D eigenvalue weighted by Gasteiger charge is -2.10. The molecule has 0 aliphatic rings. The van der Waals surface area contributed by atoms with Gasteiger partial charge in [0, 0.05) is 190 Å². The number of nitrogen functional groups attached to an aromatic ring is 1. The maximum atomic E-state index is 6.33. The first-order valence-corrected chi connectivity index (χ1v) is 38.4. The van der Waals surface area contributed by atoms with Gasteiger partial charge in [-0.3, -0.25) is 9.36 Å². The van der Waals surface area contributed by atoms with Crippen molar-refractivity contribution in [1.29, 1.82) is 0 Å². The van der Waals surface area contributed by atoms with Crippen LogP contribution in [0.5, 0.6) is 11.5 Å². The Morgan fingerprint density at radius 1 is 0.610 bits per heavy atom. The lowest BCUT2D eigenvalue weighted by atomic mass is 10.00. The first-order chi connectivity index (χ1) is 36.5. The van der Waals surface area contributed by atoms with Gasteiger partial charge in [0.15, 0.2) is 0 Å². The molecule has 0 aliphatic carbocycles. The summed E-state index contributed by atoms with van der Waals surface area (Å²) in [5.74, 6) is 5.07. The van der Waals surface area contributed by atoms with E-state index in [0.717, 1.165) is 129 Å². The van der Waals surface area contributed by atoms with Crippen LogP contribution in [0.3, 0.4) is 0 Å². The van der Waals surface area contributed by atoms with Crippen LogP contribution in [0.1, 0.15) is 64.5 Å². The minimum absolute atomic E-state index is 0. The Hall–Kier alpha value is -4.41. The maximum Gasteiger partial charge on any atom is 0.143 e. The zero-order valence-electron chi connectivity index (χ0n) is 42.5. The lowest BCUT2D eigenvalue weighted by molar-refractivity contribution is 0.393. The van der Waals surface area contributed by atoms with Crippen molar-refractivity contribution in [3.63, 3.8) is 0 Å². The monoisotopic (exact) mass is 1300 g/mol. The third-order valence-corrected chi connectivity index (χ3v) is 34.0. The van der Waals surface area contributed by atoms with Gasteiger partial charge in [0.25, 0.3) is 0 Å². The Morgan fingerprint density at radius 3 is 1.44 bits per heavy atom. The van der Waals surface area contributed by atoms with Gasteiger partial charge in [0.1, 0.15) is 56.9 Å². The molecule has 0 aliphatic heterocycles. The van der Waals surface area contributed by atoms with E-state index in [4.69, 9.17) is 63.2 Å².